The van der Waals surface area contributed by atoms with Crippen LogP contribution in [0.5, 0.6) is 0 Å². The molecular formula is C13H25N5. The number of nitrogen functional groups attached to an aromatic ring is 1. The molecule has 0 bridgehead atoms. The van der Waals surface area contributed by atoms with Crippen LogP contribution < -0.4 is 16.0 Å². The molecule has 0 saturated carbocycles. The van der Waals surface area contributed by atoms with Crippen LogP contribution in [0.4, 0.5) is 17.6 Å². The number of rotatable bonds is 4. The Morgan fingerprint density at radius 1 is 1.39 bits per heavy atom. The molecule has 1 unspecified atom stereocenters. The van der Waals surface area contributed by atoms with E-state index < -0.39 is 0 Å². The highest BCUT2D eigenvalue weighted by molar-refractivity contribution is 5.52. The molecule has 1 atom stereocenters. The maximum absolute atomic E-state index is 5.75. The molecule has 0 aliphatic carbocycles. The van der Waals surface area contributed by atoms with Gasteiger partial charge in [-0.2, -0.15) is 9.97 Å². The average molecular weight is 251 g/mol. The van der Waals surface area contributed by atoms with Gasteiger partial charge >= 0.3 is 0 Å². The summed E-state index contributed by atoms with van der Waals surface area (Å²) in [5.74, 6) is 1.92. The highest BCUT2D eigenvalue weighted by atomic mass is 15.2. The quantitative estimate of drug-likeness (QED) is 0.860. The summed E-state index contributed by atoms with van der Waals surface area (Å²) in [6.45, 7) is 11.7. The van der Waals surface area contributed by atoms with Crippen LogP contribution in [0.1, 0.15) is 34.6 Å². The Kier molecular flexibility index (Phi) is 4.38. The zero-order valence-electron chi connectivity index (χ0n) is 12.3. The highest BCUT2D eigenvalue weighted by Crippen LogP contribution is 2.27. The van der Waals surface area contributed by atoms with Crippen LogP contribution in [-0.4, -0.2) is 29.6 Å². The minimum atomic E-state index is 0.173. The van der Waals surface area contributed by atoms with Crippen LogP contribution in [0.3, 0.4) is 0 Å². The molecule has 1 heterocycles. The Morgan fingerprint density at radius 3 is 2.50 bits per heavy atom. The van der Waals surface area contributed by atoms with Gasteiger partial charge in [-0.25, -0.2) is 0 Å². The molecule has 1 rings (SSSR count). The van der Waals surface area contributed by atoms with Gasteiger partial charge in [-0.15, -0.1) is 0 Å². The number of hydrogen-bond donors (Lipinski definition) is 2. The molecule has 0 saturated heterocycles. The summed E-state index contributed by atoms with van der Waals surface area (Å²) < 4.78 is 0. The standard InChI is InChI=1S/C13H25N5/c1-7-15-10-8-11(17-12(14)16-10)18(6)9(2)13(3,4)5/h8-9H,7H2,1-6H3,(H3,14,15,16,17). The Balaban J connectivity index is 3.01. The van der Waals surface area contributed by atoms with Gasteiger partial charge in [-0.3, -0.25) is 0 Å². The lowest BCUT2D eigenvalue weighted by Crippen LogP contribution is -2.40. The van der Waals surface area contributed by atoms with Crippen LogP contribution in [0.15, 0.2) is 6.07 Å². The largest absolute Gasteiger partial charge is 0.370 e. The molecule has 0 aliphatic rings. The zero-order chi connectivity index (χ0) is 13.9. The summed E-state index contributed by atoms with van der Waals surface area (Å²) in [6, 6.07) is 2.28. The third kappa shape index (κ3) is 3.48. The predicted octanol–water partition coefficient (Wildman–Crippen LogP) is 2.36. The van der Waals surface area contributed by atoms with Crippen molar-refractivity contribution in [2.45, 2.75) is 40.7 Å². The van der Waals surface area contributed by atoms with Gasteiger partial charge in [0.25, 0.3) is 0 Å². The first kappa shape index (κ1) is 14.5. The van der Waals surface area contributed by atoms with Gasteiger partial charge in [0.05, 0.1) is 0 Å². The van der Waals surface area contributed by atoms with E-state index in [1.165, 1.54) is 0 Å². The second-order valence-corrected chi connectivity index (χ2v) is 5.65. The molecule has 1 aromatic rings. The van der Waals surface area contributed by atoms with Crippen LogP contribution >= 0.6 is 0 Å². The average Bonchev–Trinajstić information content (AvgIpc) is 2.25. The first-order valence-electron chi connectivity index (χ1n) is 6.37. The summed E-state index contributed by atoms with van der Waals surface area (Å²) in [7, 11) is 2.04. The zero-order valence-corrected chi connectivity index (χ0v) is 12.3. The normalized spacial score (nSPS) is 13.2. The summed E-state index contributed by atoms with van der Waals surface area (Å²) in [6.07, 6.45) is 0. The highest BCUT2D eigenvalue weighted by Gasteiger charge is 2.25. The van der Waals surface area contributed by atoms with Crippen molar-refractivity contribution in [3.63, 3.8) is 0 Å². The minimum absolute atomic E-state index is 0.173. The van der Waals surface area contributed by atoms with E-state index in [0.29, 0.717) is 12.0 Å². The van der Waals surface area contributed by atoms with E-state index in [0.717, 1.165) is 18.2 Å². The van der Waals surface area contributed by atoms with Gasteiger partial charge in [0.15, 0.2) is 0 Å². The van der Waals surface area contributed by atoms with E-state index in [1.54, 1.807) is 0 Å². The first-order chi connectivity index (χ1) is 8.25. The van der Waals surface area contributed by atoms with E-state index in [2.05, 4.69) is 47.9 Å². The van der Waals surface area contributed by atoms with Crippen molar-refractivity contribution in [3.05, 3.63) is 6.07 Å². The van der Waals surface area contributed by atoms with E-state index in [1.807, 2.05) is 20.0 Å². The molecular weight excluding hydrogens is 226 g/mol. The lowest BCUT2D eigenvalue weighted by Gasteiger charge is -2.36. The molecule has 0 amide bonds. The lowest BCUT2D eigenvalue weighted by molar-refractivity contribution is 0.328. The molecule has 18 heavy (non-hydrogen) atoms. The van der Waals surface area contributed by atoms with Crippen molar-refractivity contribution in [3.8, 4) is 0 Å². The second-order valence-electron chi connectivity index (χ2n) is 5.65. The van der Waals surface area contributed by atoms with Gasteiger partial charge in [-0.1, -0.05) is 20.8 Å². The van der Waals surface area contributed by atoms with Crippen LogP contribution in [0.25, 0.3) is 0 Å². The van der Waals surface area contributed by atoms with Gasteiger partial charge in [-0.05, 0) is 19.3 Å². The summed E-state index contributed by atoms with van der Waals surface area (Å²) in [5, 5.41) is 3.16. The van der Waals surface area contributed by atoms with E-state index in [9.17, 15) is 0 Å². The van der Waals surface area contributed by atoms with Crippen molar-refractivity contribution in [2.75, 3.05) is 29.5 Å². The van der Waals surface area contributed by atoms with Crippen LogP contribution in [0, 0.1) is 5.41 Å². The van der Waals surface area contributed by atoms with E-state index >= 15 is 0 Å². The van der Waals surface area contributed by atoms with Gasteiger partial charge in [0.1, 0.15) is 11.6 Å². The smallest absolute Gasteiger partial charge is 0.223 e. The van der Waals surface area contributed by atoms with Gasteiger partial charge in [0, 0.05) is 25.7 Å². The number of nitrogens with one attached hydrogen (secondary N) is 1. The molecule has 0 aliphatic heterocycles. The molecule has 1 aromatic heterocycles. The maximum atomic E-state index is 5.75. The van der Waals surface area contributed by atoms with Gasteiger partial charge in [0.2, 0.25) is 5.95 Å². The topological polar surface area (TPSA) is 67.1 Å². The molecule has 102 valence electrons. The minimum Gasteiger partial charge on any atom is -0.370 e. The Morgan fingerprint density at radius 2 is 2.00 bits per heavy atom. The van der Waals surface area contributed by atoms with Crippen molar-refractivity contribution in [2.24, 2.45) is 5.41 Å². The number of nitrogens with two attached hydrogens (primary N) is 1. The number of aromatic nitrogens is 2. The molecule has 0 spiro atoms. The lowest BCUT2D eigenvalue weighted by atomic mass is 9.87. The molecule has 5 nitrogen and oxygen atoms in total. The summed E-state index contributed by atoms with van der Waals surface area (Å²) in [5.41, 5.74) is 5.92. The van der Waals surface area contributed by atoms with Crippen molar-refractivity contribution >= 4 is 17.6 Å². The number of anilines is 3. The summed E-state index contributed by atoms with van der Waals surface area (Å²) in [4.78, 5) is 10.6. The van der Waals surface area contributed by atoms with E-state index in [-0.39, 0.29) is 5.41 Å². The van der Waals surface area contributed by atoms with Crippen LogP contribution in [-0.2, 0) is 0 Å². The number of nitrogens with zero attached hydrogens (tertiary/aromatic N) is 3. The fourth-order valence-corrected chi connectivity index (χ4v) is 1.68. The first-order valence-corrected chi connectivity index (χ1v) is 6.37. The Labute approximate surface area is 110 Å². The SMILES string of the molecule is CCNc1cc(N(C)C(C)C(C)(C)C)nc(N)n1. The second kappa shape index (κ2) is 5.42. The molecule has 5 heteroatoms. The van der Waals surface area contributed by atoms with Gasteiger partial charge < -0.3 is 16.0 Å². The number of hydrogen-bond acceptors (Lipinski definition) is 5. The fraction of sp³-hybridized carbons (Fsp3) is 0.692. The fourth-order valence-electron chi connectivity index (χ4n) is 1.68. The molecule has 3 N–H and O–H groups in total. The molecule has 0 radical (unpaired) electrons. The third-order valence-corrected chi connectivity index (χ3v) is 3.28. The summed E-state index contributed by atoms with van der Waals surface area (Å²) >= 11 is 0. The Bertz CT molecular complexity index is 397. The predicted molar refractivity (Wildman–Crippen MR) is 77.9 cm³/mol. The maximum Gasteiger partial charge on any atom is 0.223 e. The van der Waals surface area contributed by atoms with Crippen LogP contribution in [0.2, 0.25) is 0 Å². The molecule has 0 fully saturated rings. The van der Waals surface area contributed by atoms with Crippen molar-refractivity contribution in [1.29, 1.82) is 0 Å². The van der Waals surface area contributed by atoms with E-state index in [4.69, 9.17) is 5.73 Å². The third-order valence-electron chi connectivity index (χ3n) is 3.28. The Hall–Kier alpha value is -1.52. The monoisotopic (exact) mass is 251 g/mol. The molecule has 0 aromatic carbocycles. The van der Waals surface area contributed by atoms with Crippen molar-refractivity contribution < 1.29 is 0 Å². The van der Waals surface area contributed by atoms with Crippen molar-refractivity contribution in [1.82, 2.24) is 9.97 Å².